The van der Waals surface area contributed by atoms with Crippen molar-refractivity contribution < 1.29 is 13.5 Å². The Kier molecular flexibility index (Phi) is 4.84. The Morgan fingerprint density at radius 1 is 1.42 bits per heavy atom. The lowest BCUT2D eigenvalue weighted by Crippen LogP contribution is -2.37. The van der Waals surface area contributed by atoms with Gasteiger partial charge in [0.05, 0.1) is 18.1 Å². The fraction of sp³-hybridized carbons (Fsp3) is 0.538. The van der Waals surface area contributed by atoms with Crippen molar-refractivity contribution in [3.63, 3.8) is 0 Å². The van der Waals surface area contributed by atoms with E-state index in [0.717, 1.165) is 5.56 Å². The SMILES string of the molecule is O=S1(=O)CCC(N(CCO)Cc2cccc(Cl)c2)C1. The Morgan fingerprint density at radius 2 is 2.21 bits per heavy atom. The van der Waals surface area contributed by atoms with Crippen molar-refractivity contribution in [3.05, 3.63) is 34.9 Å². The highest BCUT2D eigenvalue weighted by Gasteiger charge is 2.31. The summed E-state index contributed by atoms with van der Waals surface area (Å²) in [6, 6.07) is 7.51. The Balaban J connectivity index is 2.08. The topological polar surface area (TPSA) is 57.6 Å². The van der Waals surface area contributed by atoms with Crippen molar-refractivity contribution in [2.45, 2.75) is 19.0 Å². The van der Waals surface area contributed by atoms with Crippen molar-refractivity contribution in [1.29, 1.82) is 0 Å². The number of aliphatic hydroxyl groups is 1. The van der Waals surface area contributed by atoms with E-state index in [4.69, 9.17) is 16.7 Å². The standard InChI is InChI=1S/C13H18ClNO3S/c14-12-3-1-2-11(8-12)9-15(5-6-16)13-4-7-19(17,18)10-13/h1-3,8,13,16H,4-7,9-10H2. The average molecular weight is 304 g/mol. The van der Waals surface area contributed by atoms with E-state index in [2.05, 4.69) is 0 Å². The summed E-state index contributed by atoms with van der Waals surface area (Å²) in [5.74, 6) is 0.433. The molecule has 1 unspecified atom stereocenters. The van der Waals surface area contributed by atoms with Crippen LogP contribution in [0.25, 0.3) is 0 Å². The molecule has 1 aliphatic heterocycles. The minimum absolute atomic E-state index is 0.00358. The molecule has 1 N–H and O–H groups in total. The molecule has 4 nitrogen and oxygen atoms in total. The monoisotopic (exact) mass is 303 g/mol. The van der Waals surface area contributed by atoms with E-state index in [9.17, 15) is 8.42 Å². The molecule has 1 saturated heterocycles. The molecule has 1 aromatic carbocycles. The molecule has 19 heavy (non-hydrogen) atoms. The van der Waals surface area contributed by atoms with E-state index < -0.39 is 9.84 Å². The second-order valence-electron chi connectivity index (χ2n) is 4.88. The van der Waals surface area contributed by atoms with E-state index in [1.807, 2.05) is 29.2 Å². The van der Waals surface area contributed by atoms with Crippen molar-refractivity contribution in [2.24, 2.45) is 0 Å². The second kappa shape index (κ2) is 6.22. The molecule has 1 heterocycles. The molecule has 2 rings (SSSR count). The molecule has 0 aliphatic carbocycles. The lowest BCUT2D eigenvalue weighted by atomic mass is 10.1. The first-order chi connectivity index (χ1) is 9.00. The van der Waals surface area contributed by atoms with Gasteiger partial charge in [0, 0.05) is 24.2 Å². The number of rotatable bonds is 5. The van der Waals surface area contributed by atoms with E-state index in [0.29, 0.717) is 24.5 Å². The molecule has 1 fully saturated rings. The smallest absolute Gasteiger partial charge is 0.151 e. The van der Waals surface area contributed by atoms with Gasteiger partial charge in [0.1, 0.15) is 0 Å². The third-order valence-electron chi connectivity index (χ3n) is 3.39. The third-order valence-corrected chi connectivity index (χ3v) is 5.37. The van der Waals surface area contributed by atoms with Crippen LogP contribution >= 0.6 is 11.6 Å². The molecule has 0 aromatic heterocycles. The van der Waals surface area contributed by atoms with Crippen LogP contribution in [0.5, 0.6) is 0 Å². The molecule has 1 atom stereocenters. The summed E-state index contributed by atoms with van der Waals surface area (Å²) in [6.07, 6.45) is 0.642. The Bertz CT molecular complexity index is 532. The Labute approximate surface area is 118 Å². The highest BCUT2D eigenvalue weighted by molar-refractivity contribution is 7.91. The molecular formula is C13H18ClNO3S. The number of sulfone groups is 1. The van der Waals surface area contributed by atoms with Crippen molar-refractivity contribution in [2.75, 3.05) is 24.7 Å². The number of nitrogens with zero attached hydrogens (tertiary/aromatic N) is 1. The summed E-state index contributed by atoms with van der Waals surface area (Å²) < 4.78 is 23.1. The molecule has 6 heteroatoms. The van der Waals surface area contributed by atoms with Gasteiger partial charge in [-0.05, 0) is 24.1 Å². The van der Waals surface area contributed by atoms with Crippen LogP contribution in [0.1, 0.15) is 12.0 Å². The van der Waals surface area contributed by atoms with Gasteiger partial charge in [0.2, 0.25) is 0 Å². The van der Waals surface area contributed by atoms with Gasteiger partial charge in [0.25, 0.3) is 0 Å². The maximum absolute atomic E-state index is 11.5. The van der Waals surface area contributed by atoms with Gasteiger partial charge in [0.15, 0.2) is 9.84 Å². The van der Waals surface area contributed by atoms with E-state index in [1.54, 1.807) is 0 Å². The molecule has 0 spiro atoms. The first-order valence-electron chi connectivity index (χ1n) is 6.30. The van der Waals surface area contributed by atoms with E-state index >= 15 is 0 Å². The van der Waals surface area contributed by atoms with Gasteiger partial charge in [-0.1, -0.05) is 23.7 Å². The summed E-state index contributed by atoms with van der Waals surface area (Å²) in [6.45, 7) is 1.12. The minimum atomic E-state index is -2.91. The molecule has 0 amide bonds. The van der Waals surface area contributed by atoms with Crippen LogP contribution < -0.4 is 0 Å². The van der Waals surface area contributed by atoms with Gasteiger partial charge in [-0.3, -0.25) is 4.90 Å². The summed E-state index contributed by atoms with van der Waals surface area (Å²) in [5.41, 5.74) is 1.03. The fourth-order valence-electron chi connectivity index (χ4n) is 2.45. The molecule has 0 bridgehead atoms. The van der Waals surface area contributed by atoms with Gasteiger partial charge in [-0.15, -0.1) is 0 Å². The normalized spacial score (nSPS) is 21.9. The highest BCUT2D eigenvalue weighted by atomic mass is 35.5. The molecule has 0 saturated carbocycles. The highest BCUT2D eigenvalue weighted by Crippen LogP contribution is 2.20. The summed E-state index contributed by atoms with van der Waals surface area (Å²) in [4.78, 5) is 2.02. The lowest BCUT2D eigenvalue weighted by Gasteiger charge is -2.27. The number of halogens is 1. The molecular weight excluding hydrogens is 286 g/mol. The fourth-order valence-corrected chi connectivity index (χ4v) is 4.43. The average Bonchev–Trinajstić information content (AvgIpc) is 2.69. The zero-order valence-electron chi connectivity index (χ0n) is 10.6. The van der Waals surface area contributed by atoms with Crippen LogP contribution in [0, 0.1) is 0 Å². The quantitative estimate of drug-likeness (QED) is 0.891. The van der Waals surface area contributed by atoms with E-state index in [1.165, 1.54) is 0 Å². The van der Waals surface area contributed by atoms with Crippen molar-refractivity contribution in [1.82, 2.24) is 4.90 Å². The van der Waals surface area contributed by atoms with E-state index in [-0.39, 0.29) is 24.2 Å². The zero-order valence-corrected chi connectivity index (χ0v) is 12.2. The number of aliphatic hydroxyl groups excluding tert-OH is 1. The first kappa shape index (κ1) is 14.8. The third kappa shape index (κ3) is 4.18. The summed E-state index contributed by atoms with van der Waals surface area (Å²) in [5, 5.41) is 9.81. The Hall–Kier alpha value is -0.620. The molecule has 106 valence electrons. The number of hydrogen-bond donors (Lipinski definition) is 1. The second-order valence-corrected chi connectivity index (χ2v) is 7.55. The lowest BCUT2D eigenvalue weighted by molar-refractivity contribution is 0.153. The predicted molar refractivity (Wildman–Crippen MR) is 76.0 cm³/mol. The Morgan fingerprint density at radius 3 is 2.79 bits per heavy atom. The van der Waals surface area contributed by atoms with Crippen LogP contribution in [-0.4, -0.2) is 49.1 Å². The van der Waals surface area contributed by atoms with Crippen LogP contribution in [0.15, 0.2) is 24.3 Å². The largest absolute Gasteiger partial charge is 0.395 e. The predicted octanol–water partition coefficient (Wildman–Crippen LogP) is 1.32. The number of benzene rings is 1. The van der Waals surface area contributed by atoms with Gasteiger partial charge < -0.3 is 5.11 Å². The van der Waals surface area contributed by atoms with Crippen LogP contribution in [0.3, 0.4) is 0 Å². The first-order valence-corrected chi connectivity index (χ1v) is 8.50. The van der Waals surface area contributed by atoms with Crippen molar-refractivity contribution >= 4 is 21.4 Å². The molecule has 0 radical (unpaired) electrons. The maximum atomic E-state index is 11.5. The minimum Gasteiger partial charge on any atom is -0.395 e. The van der Waals surface area contributed by atoms with Gasteiger partial charge in [-0.2, -0.15) is 0 Å². The van der Waals surface area contributed by atoms with Gasteiger partial charge >= 0.3 is 0 Å². The molecule has 1 aliphatic rings. The van der Waals surface area contributed by atoms with Crippen LogP contribution in [0.2, 0.25) is 5.02 Å². The maximum Gasteiger partial charge on any atom is 0.151 e. The summed E-state index contributed by atoms with van der Waals surface area (Å²) >= 11 is 5.95. The summed E-state index contributed by atoms with van der Waals surface area (Å²) in [7, 11) is -2.91. The number of hydrogen-bond acceptors (Lipinski definition) is 4. The molecule has 1 aromatic rings. The van der Waals surface area contributed by atoms with Crippen LogP contribution in [0.4, 0.5) is 0 Å². The van der Waals surface area contributed by atoms with Gasteiger partial charge in [-0.25, -0.2) is 8.42 Å². The van der Waals surface area contributed by atoms with Crippen molar-refractivity contribution in [3.8, 4) is 0 Å². The van der Waals surface area contributed by atoms with Crippen LogP contribution in [-0.2, 0) is 16.4 Å². The zero-order chi connectivity index (χ0) is 13.9.